The number of hydrogen-bond donors (Lipinski definition) is 1. The molecule has 3 nitrogen and oxygen atoms in total. The minimum Gasteiger partial charge on any atom is -0.303 e. The number of nitrogens with zero attached hydrogens (tertiary/aromatic N) is 2. The van der Waals surface area contributed by atoms with E-state index < -0.39 is 0 Å². The predicted molar refractivity (Wildman–Crippen MR) is 48.8 cm³/mol. The fourth-order valence-corrected chi connectivity index (χ4v) is 0.956. The fraction of sp³-hybridized carbons (Fsp3) is 0.375. The number of aromatic nitrogens is 2. The van der Waals surface area contributed by atoms with Crippen molar-refractivity contribution in [3.05, 3.63) is 23.0 Å². The lowest BCUT2D eigenvalue weighted by Crippen LogP contribution is -2.02. The molecule has 0 atom stereocenters. The minimum absolute atomic E-state index is 0.364. The van der Waals surface area contributed by atoms with E-state index in [1.54, 1.807) is 12.1 Å². The fourth-order valence-electron chi connectivity index (χ4n) is 0.855. The van der Waals surface area contributed by atoms with E-state index in [9.17, 15) is 0 Å². The van der Waals surface area contributed by atoms with Gasteiger partial charge in [0.05, 0.1) is 5.71 Å². The Morgan fingerprint density at radius 1 is 1.50 bits per heavy atom. The highest BCUT2D eigenvalue weighted by Crippen LogP contribution is 2.05. The second-order valence-electron chi connectivity index (χ2n) is 2.47. The van der Waals surface area contributed by atoms with E-state index in [4.69, 9.17) is 17.0 Å². The average molecular weight is 184 g/mol. The molecule has 0 unspecified atom stereocenters. The Kier molecular flexibility index (Phi) is 3.17. The van der Waals surface area contributed by atoms with Crippen LogP contribution in [0.4, 0.5) is 0 Å². The Hall–Kier alpha value is -0.960. The average Bonchev–Trinajstić information content (AvgIpc) is 2.06. The molecule has 0 saturated carbocycles. The Bertz CT molecular complexity index is 268. The quantitative estimate of drug-likeness (QED) is 0.731. The summed E-state index contributed by atoms with van der Waals surface area (Å²) >= 11 is 5.55. The molecule has 1 N–H and O–H groups in total. The van der Waals surface area contributed by atoms with E-state index in [2.05, 4.69) is 10.2 Å². The van der Waals surface area contributed by atoms with Crippen molar-refractivity contribution in [3.63, 3.8) is 0 Å². The van der Waals surface area contributed by atoms with E-state index in [1.165, 1.54) is 0 Å². The minimum atomic E-state index is 0.364. The molecule has 12 heavy (non-hydrogen) atoms. The molecular weight excluding hydrogens is 174 g/mol. The third-order valence-corrected chi connectivity index (χ3v) is 1.64. The lowest BCUT2D eigenvalue weighted by Gasteiger charge is -1.98. The first-order chi connectivity index (χ1) is 5.74. The normalized spacial score (nSPS) is 9.83. The third kappa shape index (κ3) is 2.27. The molecule has 0 aliphatic heterocycles. The maximum atomic E-state index is 7.55. The molecule has 1 aromatic heterocycles. The molecule has 1 heterocycles. The summed E-state index contributed by atoms with van der Waals surface area (Å²) in [5, 5.41) is 15.4. The number of rotatable bonds is 3. The first-order valence-electron chi connectivity index (χ1n) is 3.81. The molecule has 0 saturated heterocycles. The summed E-state index contributed by atoms with van der Waals surface area (Å²) in [4.78, 5) is 0. The summed E-state index contributed by atoms with van der Waals surface area (Å²) in [6, 6.07) is 3.36. The Labute approximate surface area is 76.3 Å². The molecule has 0 bridgehead atoms. The van der Waals surface area contributed by atoms with Gasteiger partial charge in [-0.1, -0.05) is 24.9 Å². The highest BCUT2D eigenvalue weighted by molar-refractivity contribution is 6.29. The molecule has 0 aliphatic rings. The van der Waals surface area contributed by atoms with Crippen molar-refractivity contribution in [2.45, 2.75) is 19.8 Å². The maximum absolute atomic E-state index is 7.55. The molecule has 1 aromatic rings. The first-order valence-corrected chi connectivity index (χ1v) is 4.19. The van der Waals surface area contributed by atoms with Crippen molar-refractivity contribution in [1.82, 2.24) is 10.2 Å². The molecule has 0 radical (unpaired) electrons. The molecular formula is C8H10ClN3. The third-order valence-electron chi connectivity index (χ3n) is 1.44. The SMILES string of the molecule is CCCC(=N)c1ccc(Cl)nn1. The molecule has 0 aliphatic carbocycles. The largest absolute Gasteiger partial charge is 0.303 e. The summed E-state index contributed by atoms with van der Waals surface area (Å²) < 4.78 is 0. The van der Waals surface area contributed by atoms with Crippen LogP contribution in [0.3, 0.4) is 0 Å². The second kappa shape index (κ2) is 4.16. The smallest absolute Gasteiger partial charge is 0.151 e. The lowest BCUT2D eigenvalue weighted by molar-refractivity contribution is 0.955. The highest BCUT2D eigenvalue weighted by Gasteiger charge is 2.01. The van der Waals surface area contributed by atoms with E-state index in [0.717, 1.165) is 12.8 Å². The van der Waals surface area contributed by atoms with Crippen LogP contribution in [0.15, 0.2) is 12.1 Å². The van der Waals surface area contributed by atoms with Gasteiger partial charge in [0.25, 0.3) is 0 Å². The number of nitrogens with one attached hydrogen (secondary N) is 1. The van der Waals surface area contributed by atoms with E-state index in [1.807, 2.05) is 6.92 Å². The van der Waals surface area contributed by atoms with Gasteiger partial charge in [0.1, 0.15) is 5.69 Å². The molecule has 0 aromatic carbocycles. The molecule has 0 spiro atoms. The predicted octanol–water partition coefficient (Wildman–Crippen LogP) is 2.30. The molecule has 64 valence electrons. The van der Waals surface area contributed by atoms with Gasteiger partial charge >= 0.3 is 0 Å². The number of halogens is 1. The van der Waals surface area contributed by atoms with Gasteiger partial charge in [0.15, 0.2) is 5.15 Å². The highest BCUT2D eigenvalue weighted by atomic mass is 35.5. The van der Waals surface area contributed by atoms with E-state index in [-0.39, 0.29) is 0 Å². The van der Waals surface area contributed by atoms with Gasteiger partial charge in [-0.3, -0.25) is 0 Å². The molecule has 0 amide bonds. The van der Waals surface area contributed by atoms with E-state index in [0.29, 0.717) is 16.6 Å². The Morgan fingerprint density at radius 3 is 2.75 bits per heavy atom. The Morgan fingerprint density at radius 2 is 2.25 bits per heavy atom. The van der Waals surface area contributed by atoms with Gasteiger partial charge in [0.2, 0.25) is 0 Å². The van der Waals surface area contributed by atoms with Crippen LogP contribution in [0.5, 0.6) is 0 Å². The van der Waals surface area contributed by atoms with Gasteiger partial charge in [0, 0.05) is 0 Å². The van der Waals surface area contributed by atoms with Crippen LogP contribution >= 0.6 is 11.6 Å². The van der Waals surface area contributed by atoms with Crippen LogP contribution in [0.25, 0.3) is 0 Å². The van der Waals surface area contributed by atoms with Crippen LogP contribution in [0, 0.1) is 5.41 Å². The topological polar surface area (TPSA) is 49.6 Å². The van der Waals surface area contributed by atoms with Crippen LogP contribution in [0.2, 0.25) is 5.15 Å². The van der Waals surface area contributed by atoms with Crippen LogP contribution in [0.1, 0.15) is 25.5 Å². The summed E-state index contributed by atoms with van der Waals surface area (Å²) in [6.07, 6.45) is 1.68. The number of hydrogen-bond acceptors (Lipinski definition) is 3. The van der Waals surface area contributed by atoms with Crippen molar-refractivity contribution in [3.8, 4) is 0 Å². The van der Waals surface area contributed by atoms with Crippen molar-refractivity contribution in [2.24, 2.45) is 0 Å². The van der Waals surface area contributed by atoms with Crippen molar-refractivity contribution in [1.29, 1.82) is 5.41 Å². The maximum Gasteiger partial charge on any atom is 0.151 e. The van der Waals surface area contributed by atoms with Gasteiger partial charge in [-0.15, -0.1) is 10.2 Å². The van der Waals surface area contributed by atoms with Crippen LogP contribution < -0.4 is 0 Å². The summed E-state index contributed by atoms with van der Waals surface area (Å²) in [5.74, 6) is 0. The van der Waals surface area contributed by atoms with E-state index >= 15 is 0 Å². The Balaban J connectivity index is 2.75. The zero-order valence-electron chi connectivity index (χ0n) is 6.84. The molecule has 4 heteroatoms. The standard InChI is InChI=1S/C8H10ClN3/c1-2-3-6(10)7-4-5-8(9)12-11-7/h4-5,10H,2-3H2,1H3. The van der Waals surface area contributed by atoms with Crippen LogP contribution in [-0.4, -0.2) is 15.9 Å². The zero-order chi connectivity index (χ0) is 8.97. The summed E-state index contributed by atoms with van der Waals surface area (Å²) in [7, 11) is 0. The van der Waals surface area contributed by atoms with Crippen LogP contribution in [-0.2, 0) is 0 Å². The first kappa shape index (κ1) is 9.13. The van der Waals surface area contributed by atoms with Gasteiger partial charge in [-0.2, -0.15) is 0 Å². The second-order valence-corrected chi connectivity index (χ2v) is 2.86. The van der Waals surface area contributed by atoms with Crippen molar-refractivity contribution >= 4 is 17.3 Å². The lowest BCUT2D eigenvalue weighted by atomic mass is 10.1. The summed E-state index contributed by atoms with van der Waals surface area (Å²) in [6.45, 7) is 2.03. The van der Waals surface area contributed by atoms with Gasteiger partial charge in [-0.05, 0) is 18.6 Å². The molecule has 0 fully saturated rings. The zero-order valence-corrected chi connectivity index (χ0v) is 7.60. The van der Waals surface area contributed by atoms with Crippen molar-refractivity contribution < 1.29 is 0 Å². The van der Waals surface area contributed by atoms with Gasteiger partial charge < -0.3 is 5.41 Å². The molecule has 1 rings (SSSR count). The summed E-state index contributed by atoms with van der Waals surface area (Å²) in [5.41, 5.74) is 1.13. The van der Waals surface area contributed by atoms with Crippen molar-refractivity contribution in [2.75, 3.05) is 0 Å². The van der Waals surface area contributed by atoms with Gasteiger partial charge in [-0.25, -0.2) is 0 Å². The monoisotopic (exact) mass is 183 g/mol.